The van der Waals surface area contributed by atoms with Gasteiger partial charge >= 0.3 is 7.12 Å². The number of fused-ring (bicyclic) bond motifs is 2. The molecule has 4 heteroatoms. The van der Waals surface area contributed by atoms with Gasteiger partial charge in [0.25, 0.3) is 0 Å². The summed E-state index contributed by atoms with van der Waals surface area (Å²) < 4.78 is 12.8. The summed E-state index contributed by atoms with van der Waals surface area (Å²) in [6, 6.07) is 24.4. The zero-order valence-electron chi connectivity index (χ0n) is 22.7. The Kier molecular flexibility index (Phi) is 5.33. The maximum absolute atomic E-state index is 6.42. The zero-order chi connectivity index (χ0) is 25.4. The van der Waals surface area contributed by atoms with Crippen molar-refractivity contribution in [1.82, 2.24) is 0 Å². The van der Waals surface area contributed by atoms with Crippen LogP contribution >= 0.6 is 0 Å². The van der Waals surface area contributed by atoms with Crippen LogP contribution < -0.4 is 10.4 Å². The Balaban J connectivity index is 1.70. The fourth-order valence-electron chi connectivity index (χ4n) is 5.20. The van der Waals surface area contributed by atoms with Crippen molar-refractivity contribution in [2.24, 2.45) is 0 Å². The molecule has 35 heavy (non-hydrogen) atoms. The number of benzene rings is 3. The first kappa shape index (κ1) is 24.2. The third kappa shape index (κ3) is 3.82. The van der Waals surface area contributed by atoms with Crippen LogP contribution in [0.3, 0.4) is 0 Å². The Labute approximate surface area is 211 Å². The summed E-state index contributed by atoms with van der Waals surface area (Å²) >= 11 is 0. The third-order valence-electron chi connectivity index (χ3n) is 8.25. The second-order valence-corrected chi connectivity index (χ2v) is 12.6. The molecule has 0 bridgehead atoms. The van der Waals surface area contributed by atoms with Gasteiger partial charge in [0, 0.05) is 11.1 Å². The molecule has 0 N–H and O–H groups in total. The van der Waals surface area contributed by atoms with Crippen molar-refractivity contribution in [3.8, 4) is 0 Å². The summed E-state index contributed by atoms with van der Waals surface area (Å²) in [6.45, 7) is 20.0. The summed E-state index contributed by atoms with van der Waals surface area (Å²) in [7, 11) is -0.381. The minimum atomic E-state index is -0.381. The molecule has 0 amide bonds. The Morgan fingerprint density at radius 1 is 0.686 bits per heavy atom. The van der Waals surface area contributed by atoms with Crippen LogP contribution in [0, 0.1) is 0 Å². The van der Waals surface area contributed by atoms with Crippen molar-refractivity contribution in [1.29, 1.82) is 0 Å². The van der Waals surface area contributed by atoms with Gasteiger partial charge in [-0.3, -0.25) is 0 Å². The predicted octanol–water partition coefficient (Wildman–Crippen LogP) is 7.39. The molecule has 182 valence electrons. The van der Waals surface area contributed by atoms with Crippen molar-refractivity contribution >= 4 is 29.6 Å². The van der Waals surface area contributed by atoms with E-state index in [-0.39, 0.29) is 29.2 Å². The second kappa shape index (κ2) is 7.72. The van der Waals surface area contributed by atoms with E-state index in [2.05, 4.69) is 134 Å². The van der Waals surface area contributed by atoms with Crippen LogP contribution in [-0.4, -0.2) is 18.3 Å². The van der Waals surface area contributed by atoms with Crippen LogP contribution in [0.15, 0.2) is 66.7 Å². The molecule has 0 aromatic heterocycles. The molecule has 0 atom stereocenters. The van der Waals surface area contributed by atoms with Crippen molar-refractivity contribution in [2.45, 2.75) is 84.3 Å². The lowest BCUT2D eigenvalue weighted by molar-refractivity contribution is 0.00578. The van der Waals surface area contributed by atoms with E-state index in [9.17, 15) is 0 Å². The third-order valence-corrected chi connectivity index (χ3v) is 8.25. The molecular weight excluding hydrogens is 429 g/mol. The monoisotopic (exact) mass is 467 g/mol. The molecule has 0 saturated carbocycles. The first-order chi connectivity index (χ1) is 16.2. The maximum Gasteiger partial charge on any atom is 0.494 e. The molecule has 0 spiro atoms. The summed E-state index contributed by atoms with van der Waals surface area (Å²) in [5.74, 6) is 0. The smallest absolute Gasteiger partial charge is 0.399 e. The van der Waals surface area contributed by atoms with E-state index in [1.54, 1.807) is 0 Å². The van der Waals surface area contributed by atoms with E-state index >= 15 is 0 Å². The van der Waals surface area contributed by atoms with Gasteiger partial charge in [0.2, 0.25) is 0 Å². The number of hydrogen-bond donors (Lipinski definition) is 0. The van der Waals surface area contributed by atoms with Crippen LogP contribution in [0.1, 0.15) is 79.0 Å². The van der Waals surface area contributed by atoms with Crippen LogP contribution in [0.5, 0.6) is 0 Å². The number of para-hydroxylation sites is 1. The van der Waals surface area contributed by atoms with E-state index in [1.807, 2.05) is 0 Å². The van der Waals surface area contributed by atoms with Crippen LogP contribution in [0.2, 0.25) is 0 Å². The van der Waals surface area contributed by atoms with Gasteiger partial charge < -0.3 is 14.2 Å². The van der Waals surface area contributed by atoms with Crippen LogP contribution in [0.4, 0.5) is 17.1 Å². The van der Waals surface area contributed by atoms with Crippen molar-refractivity contribution < 1.29 is 9.31 Å². The summed E-state index contributed by atoms with van der Waals surface area (Å²) in [4.78, 5) is 2.40. The van der Waals surface area contributed by atoms with Crippen LogP contribution in [0.25, 0.3) is 0 Å². The Morgan fingerprint density at radius 3 is 1.80 bits per heavy atom. The number of rotatable bonds is 2. The first-order valence-corrected chi connectivity index (χ1v) is 12.7. The van der Waals surface area contributed by atoms with E-state index in [0.29, 0.717) is 0 Å². The van der Waals surface area contributed by atoms with Gasteiger partial charge in [-0.05, 0) is 79.5 Å². The van der Waals surface area contributed by atoms with Gasteiger partial charge in [-0.2, -0.15) is 0 Å². The molecule has 3 nitrogen and oxygen atoms in total. The maximum atomic E-state index is 6.42. The van der Waals surface area contributed by atoms with Crippen molar-refractivity contribution in [2.75, 3.05) is 4.90 Å². The molecule has 5 rings (SSSR count). The van der Waals surface area contributed by atoms with Crippen molar-refractivity contribution in [3.63, 3.8) is 0 Å². The van der Waals surface area contributed by atoms with Gasteiger partial charge in [0.15, 0.2) is 0 Å². The van der Waals surface area contributed by atoms with Crippen molar-refractivity contribution in [3.05, 3.63) is 83.4 Å². The standard InChI is InChI=1S/C31H38BNO2/c1-28(2,3)21-15-17-26-24(19-21)29(4,5)25-20-22(32-34-30(6,7)31(8,9)35-32)16-18-27(25)33(26)23-13-11-10-12-14-23/h10-20H,1-9H3. The summed E-state index contributed by atoms with van der Waals surface area (Å²) in [5.41, 5.74) is 7.81. The second-order valence-electron chi connectivity index (χ2n) is 12.6. The molecule has 0 aliphatic carbocycles. The number of nitrogens with zero attached hydrogens (tertiary/aromatic N) is 1. The largest absolute Gasteiger partial charge is 0.494 e. The Bertz CT molecular complexity index is 1250. The lowest BCUT2D eigenvalue weighted by atomic mass is 9.68. The van der Waals surface area contributed by atoms with Gasteiger partial charge in [-0.25, -0.2) is 0 Å². The molecule has 1 saturated heterocycles. The van der Waals surface area contributed by atoms with E-state index in [4.69, 9.17) is 9.31 Å². The minimum absolute atomic E-state index is 0.0769. The molecule has 0 unspecified atom stereocenters. The van der Waals surface area contributed by atoms with Gasteiger partial charge in [-0.1, -0.05) is 77.1 Å². The summed E-state index contributed by atoms with van der Waals surface area (Å²) in [6.07, 6.45) is 0. The fourth-order valence-corrected chi connectivity index (χ4v) is 5.20. The molecule has 2 aliphatic rings. The average Bonchev–Trinajstić information content (AvgIpc) is 3.00. The molecule has 3 aromatic carbocycles. The highest BCUT2D eigenvalue weighted by Crippen LogP contribution is 2.52. The molecule has 0 radical (unpaired) electrons. The molecule has 3 aromatic rings. The first-order valence-electron chi connectivity index (χ1n) is 12.7. The van der Waals surface area contributed by atoms with Crippen LogP contribution in [-0.2, 0) is 20.1 Å². The average molecular weight is 467 g/mol. The lowest BCUT2D eigenvalue weighted by Crippen LogP contribution is -2.41. The lowest BCUT2D eigenvalue weighted by Gasteiger charge is -2.43. The Hall–Kier alpha value is -2.56. The van der Waals surface area contributed by atoms with E-state index < -0.39 is 0 Å². The molecule has 1 fully saturated rings. The zero-order valence-corrected chi connectivity index (χ0v) is 22.7. The van der Waals surface area contributed by atoms with Gasteiger partial charge in [-0.15, -0.1) is 0 Å². The van der Waals surface area contributed by atoms with E-state index in [1.165, 1.54) is 28.1 Å². The SMILES string of the molecule is CC(C)(C)c1ccc2c(c1)C(C)(C)c1cc(B3OC(C)(C)C(C)(C)O3)ccc1N2c1ccccc1. The number of hydrogen-bond acceptors (Lipinski definition) is 3. The molecular formula is C31H38BNO2. The highest BCUT2D eigenvalue weighted by molar-refractivity contribution is 6.62. The van der Waals surface area contributed by atoms with Gasteiger partial charge in [0.05, 0.1) is 22.6 Å². The predicted molar refractivity (Wildman–Crippen MR) is 148 cm³/mol. The number of anilines is 3. The fraction of sp³-hybridized carbons (Fsp3) is 0.419. The highest BCUT2D eigenvalue weighted by Gasteiger charge is 2.52. The molecule has 2 aliphatic heterocycles. The Morgan fingerprint density at radius 2 is 1.23 bits per heavy atom. The molecule has 2 heterocycles. The highest BCUT2D eigenvalue weighted by atomic mass is 16.7. The van der Waals surface area contributed by atoms with Gasteiger partial charge in [0.1, 0.15) is 0 Å². The van der Waals surface area contributed by atoms with E-state index in [0.717, 1.165) is 11.2 Å². The topological polar surface area (TPSA) is 21.7 Å². The quantitative estimate of drug-likeness (QED) is 0.367. The minimum Gasteiger partial charge on any atom is -0.399 e. The normalized spacial score (nSPS) is 19.9. The summed E-state index contributed by atoms with van der Waals surface area (Å²) in [5, 5.41) is 0.